The van der Waals surface area contributed by atoms with Gasteiger partial charge in [-0.15, -0.1) is 0 Å². The van der Waals surface area contributed by atoms with Gasteiger partial charge in [0, 0.05) is 5.56 Å². The highest BCUT2D eigenvalue weighted by Gasteiger charge is 2.27. The number of carbonyl (C=O) groups excluding carboxylic acids is 2. The van der Waals surface area contributed by atoms with Gasteiger partial charge in [0.15, 0.2) is 0 Å². The highest BCUT2D eigenvalue weighted by Crippen LogP contribution is 2.29. The number of carbonyl (C=O) groups is 2. The Bertz CT molecular complexity index is 1090. The Balaban J connectivity index is 1.45. The van der Waals surface area contributed by atoms with E-state index in [1.165, 1.54) is 11.1 Å². The summed E-state index contributed by atoms with van der Waals surface area (Å²) in [4.78, 5) is 26.2. The third-order valence-corrected chi connectivity index (χ3v) is 6.27. The van der Waals surface area contributed by atoms with E-state index in [1.807, 2.05) is 66.7 Å². The summed E-state index contributed by atoms with van der Waals surface area (Å²) in [7, 11) is 0. The van der Waals surface area contributed by atoms with E-state index in [1.54, 1.807) is 0 Å². The van der Waals surface area contributed by atoms with Crippen LogP contribution < -0.4 is 10.6 Å². The lowest BCUT2D eigenvalue weighted by molar-refractivity contribution is -0.124. The van der Waals surface area contributed by atoms with E-state index in [0.717, 1.165) is 30.4 Å². The summed E-state index contributed by atoms with van der Waals surface area (Å²) in [5, 5.41) is 6.20. The first-order chi connectivity index (χ1) is 16.0. The largest absolute Gasteiger partial charge is 0.348 e. The average Bonchev–Trinajstić information content (AvgIpc) is 2.84. The van der Waals surface area contributed by atoms with Gasteiger partial charge in [0.1, 0.15) is 6.04 Å². The Labute approximate surface area is 196 Å². The maximum atomic E-state index is 13.2. The van der Waals surface area contributed by atoms with Crippen molar-refractivity contribution in [3.63, 3.8) is 0 Å². The Morgan fingerprint density at radius 3 is 2.27 bits per heavy atom. The monoisotopic (exact) mass is 440 g/mol. The van der Waals surface area contributed by atoms with E-state index >= 15 is 0 Å². The second kappa shape index (κ2) is 10.5. The summed E-state index contributed by atoms with van der Waals surface area (Å²) >= 11 is 0. The molecule has 0 bridgehead atoms. The lowest BCUT2D eigenvalue weighted by Gasteiger charge is -2.29. The summed E-state index contributed by atoms with van der Waals surface area (Å²) < 4.78 is 0. The number of nitrogens with one attached hydrogen (secondary N) is 2. The van der Waals surface area contributed by atoms with Crippen molar-refractivity contribution in [1.82, 2.24) is 10.6 Å². The number of benzene rings is 3. The number of amides is 2. The van der Waals surface area contributed by atoms with Crippen molar-refractivity contribution >= 4 is 11.8 Å². The lowest BCUT2D eigenvalue weighted by atomic mass is 9.87. The van der Waals surface area contributed by atoms with Crippen molar-refractivity contribution in [2.45, 2.75) is 51.6 Å². The molecule has 33 heavy (non-hydrogen) atoms. The molecule has 0 radical (unpaired) electrons. The topological polar surface area (TPSA) is 58.2 Å². The summed E-state index contributed by atoms with van der Waals surface area (Å²) in [5.74, 6) is -0.0562. The molecule has 170 valence electrons. The number of hydrogen-bond acceptors (Lipinski definition) is 2. The Morgan fingerprint density at radius 1 is 0.879 bits per heavy atom. The van der Waals surface area contributed by atoms with Crippen molar-refractivity contribution in [2.75, 3.05) is 0 Å². The van der Waals surface area contributed by atoms with Crippen molar-refractivity contribution in [2.24, 2.45) is 5.92 Å². The van der Waals surface area contributed by atoms with Gasteiger partial charge >= 0.3 is 0 Å². The maximum Gasteiger partial charge on any atom is 0.251 e. The van der Waals surface area contributed by atoms with Gasteiger partial charge < -0.3 is 10.6 Å². The van der Waals surface area contributed by atoms with Crippen LogP contribution in [-0.2, 0) is 11.2 Å². The number of aryl methyl sites for hydroxylation is 1. The van der Waals surface area contributed by atoms with Crippen LogP contribution in [0, 0.1) is 5.92 Å². The molecule has 0 fully saturated rings. The fraction of sp³-hybridized carbons (Fsp3) is 0.310. The molecule has 0 aliphatic heterocycles. The molecule has 0 aromatic heterocycles. The molecule has 3 aromatic rings. The zero-order chi connectivity index (χ0) is 23.2. The van der Waals surface area contributed by atoms with Crippen molar-refractivity contribution in [3.8, 4) is 11.1 Å². The molecule has 2 N–H and O–H groups in total. The van der Waals surface area contributed by atoms with Gasteiger partial charge in [-0.1, -0.05) is 80.6 Å². The molecule has 0 saturated heterocycles. The van der Waals surface area contributed by atoms with E-state index in [4.69, 9.17) is 0 Å². The van der Waals surface area contributed by atoms with Gasteiger partial charge in [-0.3, -0.25) is 9.59 Å². The predicted octanol–water partition coefficient (Wildman–Crippen LogP) is 5.69. The third-order valence-electron chi connectivity index (χ3n) is 6.27. The predicted molar refractivity (Wildman–Crippen MR) is 133 cm³/mol. The number of fused-ring (bicyclic) bond motifs is 1. The smallest absolute Gasteiger partial charge is 0.251 e. The van der Waals surface area contributed by atoms with E-state index in [9.17, 15) is 9.59 Å². The van der Waals surface area contributed by atoms with E-state index in [0.29, 0.717) is 12.0 Å². The molecule has 2 unspecified atom stereocenters. The average molecular weight is 441 g/mol. The number of hydrogen-bond donors (Lipinski definition) is 2. The standard InChI is InChI=1S/C29H32N2O2/c1-20(2)19-27(29(33)30-26-14-8-12-23-11-6-7-13-25(23)26)31-28(32)24-17-15-22(16-18-24)21-9-4-3-5-10-21/h3-7,9-11,13,15-18,20,26-27H,8,12,14,19H2,1-2H3,(H,30,33)(H,31,32). The van der Waals surface area contributed by atoms with Crippen molar-refractivity contribution in [1.29, 1.82) is 0 Å². The first-order valence-corrected chi connectivity index (χ1v) is 11.9. The zero-order valence-electron chi connectivity index (χ0n) is 19.4. The molecule has 4 nitrogen and oxygen atoms in total. The minimum Gasteiger partial charge on any atom is -0.348 e. The number of rotatable bonds is 7. The van der Waals surface area contributed by atoms with Crippen molar-refractivity contribution < 1.29 is 9.59 Å². The molecule has 1 aliphatic rings. The normalized spacial score (nSPS) is 16.0. The maximum absolute atomic E-state index is 13.2. The molecule has 4 heteroatoms. The fourth-order valence-corrected chi connectivity index (χ4v) is 4.57. The van der Waals surface area contributed by atoms with Crippen LogP contribution >= 0.6 is 0 Å². The fourth-order valence-electron chi connectivity index (χ4n) is 4.57. The molecule has 0 heterocycles. The minimum absolute atomic E-state index is 0.000768. The highest BCUT2D eigenvalue weighted by molar-refractivity contribution is 5.98. The van der Waals surface area contributed by atoms with Crippen LogP contribution in [0.5, 0.6) is 0 Å². The second-order valence-electron chi connectivity index (χ2n) is 9.25. The SMILES string of the molecule is CC(C)CC(NC(=O)c1ccc(-c2ccccc2)cc1)C(=O)NC1CCCc2ccccc21. The molecule has 0 spiro atoms. The van der Waals surface area contributed by atoms with Gasteiger partial charge in [0.2, 0.25) is 5.91 Å². The van der Waals surface area contributed by atoms with Crippen LogP contribution in [0.3, 0.4) is 0 Å². The van der Waals surface area contributed by atoms with Gasteiger partial charge in [-0.25, -0.2) is 0 Å². The molecule has 2 atom stereocenters. The molecule has 0 saturated carbocycles. The Morgan fingerprint density at radius 2 is 1.55 bits per heavy atom. The van der Waals surface area contributed by atoms with Crippen molar-refractivity contribution in [3.05, 3.63) is 95.6 Å². The highest BCUT2D eigenvalue weighted by atomic mass is 16.2. The van der Waals surface area contributed by atoms with Crippen LogP contribution in [-0.4, -0.2) is 17.9 Å². The first-order valence-electron chi connectivity index (χ1n) is 11.9. The van der Waals surface area contributed by atoms with Crippen LogP contribution in [0.1, 0.15) is 60.6 Å². The lowest BCUT2D eigenvalue weighted by Crippen LogP contribution is -2.48. The minimum atomic E-state index is -0.569. The van der Waals surface area contributed by atoms with E-state index < -0.39 is 6.04 Å². The van der Waals surface area contributed by atoms with Gasteiger partial charge in [-0.05, 0) is 66.0 Å². The summed E-state index contributed by atoms with van der Waals surface area (Å²) in [5.41, 5.74) is 5.22. The molecule has 2 amide bonds. The van der Waals surface area contributed by atoms with E-state index in [-0.39, 0.29) is 23.8 Å². The first kappa shape index (κ1) is 22.8. The molecule has 1 aliphatic carbocycles. The Kier molecular flexibility index (Phi) is 7.23. The van der Waals surface area contributed by atoms with Gasteiger partial charge in [0.25, 0.3) is 5.91 Å². The zero-order valence-corrected chi connectivity index (χ0v) is 19.4. The second-order valence-corrected chi connectivity index (χ2v) is 9.25. The van der Waals surface area contributed by atoms with Crippen LogP contribution in [0.4, 0.5) is 0 Å². The van der Waals surface area contributed by atoms with Crippen LogP contribution in [0.25, 0.3) is 11.1 Å². The molecule has 4 rings (SSSR count). The van der Waals surface area contributed by atoms with Gasteiger partial charge in [0.05, 0.1) is 6.04 Å². The molecular formula is C29H32N2O2. The van der Waals surface area contributed by atoms with Gasteiger partial charge in [-0.2, -0.15) is 0 Å². The summed E-state index contributed by atoms with van der Waals surface area (Å²) in [6.07, 6.45) is 3.62. The molecule has 3 aromatic carbocycles. The summed E-state index contributed by atoms with van der Waals surface area (Å²) in [6, 6.07) is 25.3. The molecular weight excluding hydrogens is 408 g/mol. The quantitative estimate of drug-likeness (QED) is 0.496. The third kappa shape index (κ3) is 5.70. The van der Waals surface area contributed by atoms with E-state index in [2.05, 4.69) is 36.6 Å². The summed E-state index contributed by atoms with van der Waals surface area (Å²) in [6.45, 7) is 4.13. The Hall–Kier alpha value is -3.40. The van der Waals surface area contributed by atoms with Crippen LogP contribution in [0.2, 0.25) is 0 Å². The van der Waals surface area contributed by atoms with Crippen LogP contribution in [0.15, 0.2) is 78.9 Å².